The van der Waals surface area contributed by atoms with Crippen LogP contribution in [0.25, 0.3) is 0 Å². The molecular weight excluding hydrogens is 226 g/mol. The van der Waals surface area contributed by atoms with Gasteiger partial charge in [-0.05, 0) is 45.1 Å². The first-order valence-electron chi connectivity index (χ1n) is 6.98. The normalized spacial score (nSPS) is 33.1. The Morgan fingerprint density at radius 2 is 2.11 bits per heavy atom. The van der Waals surface area contributed by atoms with E-state index in [1.165, 1.54) is 25.7 Å². The van der Waals surface area contributed by atoms with Crippen LogP contribution in [0.3, 0.4) is 0 Å². The lowest BCUT2D eigenvalue weighted by atomic mass is 9.91. The molecule has 0 spiro atoms. The molecular formula is C14H25N3O. The molecule has 0 aliphatic carbocycles. The third-order valence-corrected chi connectivity index (χ3v) is 4.52. The lowest BCUT2D eigenvalue weighted by Gasteiger charge is -2.36. The third kappa shape index (κ3) is 2.93. The summed E-state index contributed by atoms with van der Waals surface area (Å²) in [6, 6.07) is 1.02. The smallest absolute Gasteiger partial charge is 0.237 e. The summed E-state index contributed by atoms with van der Waals surface area (Å²) in [6.45, 7) is 4.39. The van der Waals surface area contributed by atoms with Crippen molar-refractivity contribution in [3.63, 3.8) is 0 Å². The Morgan fingerprint density at radius 3 is 2.67 bits per heavy atom. The molecule has 0 radical (unpaired) electrons. The van der Waals surface area contributed by atoms with Gasteiger partial charge in [-0.2, -0.15) is 0 Å². The Labute approximate surface area is 110 Å². The first kappa shape index (κ1) is 13.6. The number of hydrogen-bond acceptors (Lipinski definition) is 3. The van der Waals surface area contributed by atoms with Crippen molar-refractivity contribution in [3.05, 3.63) is 12.7 Å². The molecule has 2 heterocycles. The molecule has 2 aliphatic heterocycles. The maximum Gasteiger partial charge on any atom is 0.237 e. The molecule has 0 aromatic carbocycles. The predicted octanol–water partition coefficient (Wildman–Crippen LogP) is 0.879. The minimum Gasteiger partial charge on any atom is -0.354 e. The van der Waals surface area contributed by atoms with Crippen LogP contribution in [0, 0.1) is 5.92 Å². The van der Waals surface area contributed by atoms with Gasteiger partial charge < -0.3 is 16.0 Å². The SMILES string of the molecule is C=CCC(N)C(=O)NCC1CC2CCC(C1)N2C. The highest BCUT2D eigenvalue weighted by Gasteiger charge is 2.38. The second-order valence-electron chi connectivity index (χ2n) is 5.76. The minimum atomic E-state index is -0.439. The number of carbonyl (C=O) groups is 1. The van der Waals surface area contributed by atoms with E-state index in [4.69, 9.17) is 5.73 Å². The number of hydrogen-bond donors (Lipinski definition) is 2. The summed E-state index contributed by atoms with van der Waals surface area (Å²) in [4.78, 5) is 14.2. The van der Waals surface area contributed by atoms with Gasteiger partial charge in [-0.3, -0.25) is 4.79 Å². The molecule has 0 aromatic rings. The molecule has 0 saturated carbocycles. The zero-order chi connectivity index (χ0) is 13.1. The molecule has 2 rings (SSSR count). The number of nitrogens with zero attached hydrogens (tertiary/aromatic N) is 1. The highest BCUT2D eigenvalue weighted by atomic mass is 16.2. The number of rotatable bonds is 5. The summed E-state index contributed by atoms with van der Waals surface area (Å²) in [5, 5.41) is 2.99. The summed E-state index contributed by atoms with van der Waals surface area (Å²) in [7, 11) is 2.23. The van der Waals surface area contributed by atoms with E-state index >= 15 is 0 Å². The first-order valence-corrected chi connectivity index (χ1v) is 6.98. The Kier molecular flexibility index (Phi) is 4.40. The Morgan fingerprint density at radius 1 is 1.50 bits per heavy atom. The molecule has 4 nitrogen and oxygen atoms in total. The van der Waals surface area contributed by atoms with E-state index in [-0.39, 0.29) is 5.91 Å². The van der Waals surface area contributed by atoms with Crippen LogP contribution in [0.4, 0.5) is 0 Å². The van der Waals surface area contributed by atoms with E-state index in [9.17, 15) is 4.79 Å². The Hall–Kier alpha value is -0.870. The number of piperidine rings is 1. The van der Waals surface area contributed by atoms with E-state index in [0.717, 1.165) is 18.6 Å². The Balaban J connectivity index is 1.75. The van der Waals surface area contributed by atoms with Crippen LogP contribution < -0.4 is 11.1 Å². The molecule has 3 atom stereocenters. The van der Waals surface area contributed by atoms with Crippen molar-refractivity contribution in [2.45, 2.75) is 50.2 Å². The molecule has 3 unspecified atom stereocenters. The first-order chi connectivity index (χ1) is 8.61. The zero-order valence-electron chi connectivity index (χ0n) is 11.3. The lowest BCUT2D eigenvalue weighted by molar-refractivity contribution is -0.122. The molecule has 2 bridgehead atoms. The van der Waals surface area contributed by atoms with Gasteiger partial charge in [0.1, 0.15) is 0 Å². The van der Waals surface area contributed by atoms with Gasteiger partial charge in [0, 0.05) is 18.6 Å². The van der Waals surface area contributed by atoms with E-state index < -0.39 is 6.04 Å². The minimum absolute atomic E-state index is 0.0406. The van der Waals surface area contributed by atoms with Gasteiger partial charge in [0.15, 0.2) is 0 Å². The summed E-state index contributed by atoms with van der Waals surface area (Å²) >= 11 is 0. The largest absolute Gasteiger partial charge is 0.354 e. The number of nitrogens with two attached hydrogens (primary N) is 1. The fraction of sp³-hybridized carbons (Fsp3) is 0.786. The summed E-state index contributed by atoms with van der Waals surface area (Å²) < 4.78 is 0. The summed E-state index contributed by atoms with van der Waals surface area (Å²) in [5.41, 5.74) is 5.74. The molecule has 3 N–H and O–H groups in total. The van der Waals surface area contributed by atoms with Crippen molar-refractivity contribution in [2.75, 3.05) is 13.6 Å². The topological polar surface area (TPSA) is 58.4 Å². The molecule has 2 fully saturated rings. The fourth-order valence-corrected chi connectivity index (χ4v) is 3.35. The highest BCUT2D eigenvalue weighted by molar-refractivity contribution is 5.81. The molecule has 2 aliphatic rings. The molecule has 102 valence electrons. The van der Waals surface area contributed by atoms with Gasteiger partial charge in [0.25, 0.3) is 0 Å². The second kappa shape index (κ2) is 5.85. The second-order valence-corrected chi connectivity index (χ2v) is 5.76. The van der Waals surface area contributed by atoms with Gasteiger partial charge >= 0.3 is 0 Å². The fourth-order valence-electron chi connectivity index (χ4n) is 3.35. The lowest BCUT2D eigenvalue weighted by Crippen LogP contribution is -2.46. The number of amides is 1. The van der Waals surface area contributed by atoms with Gasteiger partial charge in [-0.25, -0.2) is 0 Å². The number of nitrogens with one attached hydrogen (secondary N) is 1. The summed E-state index contributed by atoms with van der Waals surface area (Å²) in [6.07, 6.45) is 7.31. The maximum absolute atomic E-state index is 11.7. The van der Waals surface area contributed by atoms with E-state index in [0.29, 0.717) is 12.3 Å². The van der Waals surface area contributed by atoms with Gasteiger partial charge in [-0.1, -0.05) is 6.08 Å². The van der Waals surface area contributed by atoms with E-state index in [1.54, 1.807) is 6.08 Å². The average molecular weight is 251 g/mol. The van der Waals surface area contributed by atoms with Crippen LogP contribution >= 0.6 is 0 Å². The van der Waals surface area contributed by atoms with Crippen LogP contribution in [-0.2, 0) is 4.79 Å². The van der Waals surface area contributed by atoms with Crippen LogP contribution in [0.15, 0.2) is 12.7 Å². The van der Waals surface area contributed by atoms with Crippen molar-refractivity contribution in [3.8, 4) is 0 Å². The van der Waals surface area contributed by atoms with Gasteiger partial charge in [0.05, 0.1) is 6.04 Å². The zero-order valence-corrected chi connectivity index (χ0v) is 11.3. The van der Waals surface area contributed by atoms with Crippen molar-refractivity contribution in [1.29, 1.82) is 0 Å². The van der Waals surface area contributed by atoms with Crippen molar-refractivity contribution in [1.82, 2.24) is 10.2 Å². The van der Waals surface area contributed by atoms with Crippen molar-refractivity contribution < 1.29 is 4.79 Å². The van der Waals surface area contributed by atoms with Crippen LogP contribution in [0.1, 0.15) is 32.1 Å². The number of carbonyl (C=O) groups excluding carboxylic acids is 1. The standard InChI is InChI=1S/C14H25N3O/c1-3-4-13(15)14(18)16-9-10-7-11-5-6-12(8-10)17(11)2/h3,10-13H,1,4-9,15H2,2H3,(H,16,18). The Bertz CT molecular complexity index is 304. The van der Waals surface area contributed by atoms with Crippen molar-refractivity contribution >= 4 is 5.91 Å². The maximum atomic E-state index is 11.7. The summed E-state index contributed by atoms with van der Waals surface area (Å²) in [5.74, 6) is 0.583. The van der Waals surface area contributed by atoms with Gasteiger partial charge in [0.2, 0.25) is 5.91 Å². The molecule has 4 heteroatoms. The van der Waals surface area contributed by atoms with E-state index in [1.807, 2.05) is 0 Å². The average Bonchev–Trinajstić information content (AvgIpc) is 2.59. The van der Waals surface area contributed by atoms with Crippen molar-refractivity contribution in [2.24, 2.45) is 11.7 Å². The molecule has 2 saturated heterocycles. The quantitative estimate of drug-likeness (QED) is 0.713. The third-order valence-electron chi connectivity index (χ3n) is 4.52. The van der Waals surface area contributed by atoms with E-state index in [2.05, 4.69) is 23.8 Å². The van der Waals surface area contributed by atoms with Crippen LogP contribution in [0.2, 0.25) is 0 Å². The van der Waals surface area contributed by atoms with Crippen LogP contribution in [0.5, 0.6) is 0 Å². The van der Waals surface area contributed by atoms with Crippen LogP contribution in [-0.4, -0.2) is 42.5 Å². The monoisotopic (exact) mass is 251 g/mol. The molecule has 1 amide bonds. The highest BCUT2D eigenvalue weighted by Crippen LogP contribution is 2.36. The molecule has 18 heavy (non-hydrogen) atoms. The van der Waals surface area contributed by atoms with Gasteiger partial charge in [-0.15, -0.1) is 6.58 Å². The predicted molar refractivity (Wildman–Crippen MR) is 73.1 cm³/mol. The molecule has 0 aromatic heterocycles. The number of fused-ring (bicyclic) bond motifs is 2.